The van der Waals surface area contributed by atoms with Crippen LogP contribution in [0.15, 0.2) is 124 Å². The molecule has 44 heavy (non-hydrogen) atoms. The van der Waals surface area contributed by atoms with E-state index in [0.29, 0.717) is 49.4 Å². The lowest BCUT2D eigenvalue weighted by atomic mass is 9.95. The topological polar surface area (TPSA) is 81.9 Å². The summed E-state index contributed by atoms with van der Waals surface area (Å²) in [6, 6.07) is 31.0. The zero-order valence-electron chi connectivity index (χ0n) is 24.0. The second-order valence-electron chi connectivity index (χ2n) is 10.1. The van der Waals surface area contributed by atoms with Gasteiger partial charge in [-0.1, -0.05) is 83.6 Å². The highest BCUT2D eigenvalue weighted by atomic mass is 35.5. The lowest BCUT2D eigenvalue weighted by Gasteiger charge is -2.25. The van der Waals surface area contributed by atoms with Crippen molar-refractivity contribution in [3.63, 3.8) is 0 Å². The molecule has 1 atom stereocenters. The van der Waals surface area contributed by atoms with Gasteiger partial charge in [-0.3, -0.25) is 14.2 Å². The summed E-state index contributed by atoms with van der Waals surface area (Å²) in [4.78, 5) is 32.9. The number of fused-ring (bicyclic) bond motifs is 1. The fraction of sp³-hybridized carbons (Fsp3) is 0.114. The number of para-hydroxylation sites is 1. The molecule has 0 unspecified atom stereocenters. The monoisotopic (exact) mass is 621 g/mol. The number of nitrogens with zero attached hydrogens (tertiary/aromatic N) is 2. The van der Waals surface area contributed by atoms with Gasteiger partial charge in [-0.15, -0.1) is 0 Å². The van der Waals surface area contributed by atoms with Gasteiger partial charge < -0.3 is 14.8 Å². The Balaban J connectivity index is 1.35. The third-order valence-electron chi connectivity index (χ3n) is 7.26. The summed E-state index contributed by atoms with van der Waals surface area (Å²) in [5.74, 6) is 1.05. The van der Waals surface area contributed by atoms with E-state index in [2.05, 4.69) is 5.32 Å². The van der Waals surface area contributed by atoms with Gasteiger partial charge in [0, 0.05) is 16.3 Å². The maximum Gasteiger partial charge on any atom is 0.271 e. The molecular formula is C35H28ClN3O4S. The van der Waals surface area contributed by atoms with E-state index in [1.807, 2.05) is 109 Å². The van der Waals surface area contributed by atoms with Crippen LogP contribution < -0.4 is 29.7 Å². The first-order chi connectivity index (χ1) is 21.4. The van der Waals surface area contributed by atoms with E-state index < -0.39 is 6.04 Å². The molecule has 7 nitrogen and oxygen atoms in total. The number of amides is 1. The molecule has 1 amide bonds. The molecule has 1 aliphatic heterocycles. The van der Waals surface area contributed by atoms with Crippen LogP contribution in [0.1, 0.15) is 29.7 Å². The summed E-state index contributed by atoms with van der Waals surface area (Å²) in [6.07, 6.45) is 1.83. The SMILES string of the molecule is COc1ccc([C@H]2C(C(=O)Nc3ccccc3)=C(C)N=c3s/c(=C/c4ccc(OCc5ccccc5Cl)cc4)c(=O)n32)cc1. The molecule has 0 fully saturated rings. The first-order valence-electron chi connectivity index (χ1n) is 13.9. The van der Waals surface area contributed by atoms with E-state index in [1.54, 1.807) is 18.6 Å². The Hall–Kier alpha value is -4.92. The van der Waals surface area contributed by atoms with Crippen LogP contribution in [0.3, 0.4) is 0 Å². The Kier molecular flexibility index (Phi) is 8.45. The molecule has 5 aromatic rings. The van der Waals surface area contributed by atoms with E-state index >= 15 is 0 Å². The zero-order chi connectivity index (χ0) is 30.6. The van der Waals surface area contributed by atoms with Gasteiger partial charge in [0.25, 0.3) is 11.5 Å². The third-order valence-corrected chi connectivity index (χ3v) is 8.61. The standard InChI is InChI=1S/C35H28ClN3O4S/c1-22-31(33(40)38-26-9-4-3-5-10-26)32(24-14-18-27(42-2)19-15-24)39-34(41)30(44-35(39)37-22)20-23-12-16-28(17-13-23)43-21-25-8-6-7-11-29(25)36/h3-20,32H,21H2,1-2H3,(H,38,40)/b30-20+/t32-/m0/s1. The number of carbonyl (C=O) groups is 1. The minimum Gasteiger partial charge on any atom is -0.497 e. The Morgan fingerprint density at radius 3 is 2.34 bits per heavy atom. The predicted octanol–water partition coefficient (Wildman–Crippen LogP) is 6.11. The van der Waals surface area contributed by atoms with Crippen LogP contribution in [0.5, 0.6) is 11.5 Å². The largest absolute Gasteiger partial charge is 0.497 e. The van der Waals surface area contributed by atoms with Crippen molar-refractivity contribution in [1.82, 2.24) is 4.57 Å². The number of halogens is 1. The second-order valence-corrected chi connectivity index (χ2v) is 11.5. The van der Waals surface area contributed by atoms with Gasteiger partial charge in [0.1, 0.15) is 18.1 Å². The minimum atomic E-state index is -0.677. The number of allylic oxidation sites excluding steroid dienone is 1. The molecule has 0 saturated heterocycles. The maximum absolute atomic E-state index is 14.0. The van der Waals surface area contributed by atoms with Crippen molar-refractivity contribution in [2.45, 2.75) is 19.6 Å². The average molecular weight is 622 g/mol. The smallest absolute Gasteiger partial charge is 0.271 e. The van der Waals surface area contributed by atoms with Crippen molar-refractivity contribution >= 4 is 40.6 Å². The number of rotatable bonds is 8. The molecule has 0 radical (unpaired) electrons. The molecule has 0 bridgehead atoms. The van der Waals surface area contributed by atoms with E-state index in [0.717, 1.165) is 16.7 Å². The number of nitrogens with one attached hydrogen (secondary N) is 1. The molecule has 0 aliphatic carbocycles. The minimum absolute atomic E-state index is 0.230. The summed E-state index contributed by atoms with van der Waals surface area (Å²) in [6.45, 7) is 2.15. The normalized spacial score (nSPS) is 14.5. The van der Waals surface area contributed by atoms with Gasteiger partial charge >= 0.3 is 0 Å². The van der Waals surface area contributed by atoms with Gasteiger partial charge in [0.05, 0.1) is 29.0 Å². The summed E-state index contributed by atoms with van der Waals surface area (Å²) >= 11 is 7.53. The maximum atomic E-state index is 14.0. The van der Waals surface area contributed by atoms with Crippen LogP contribution in [-0.2, 0) is 11.4 Å². The molecule has 2 heterocycles. The number of carbonyl (C=O) groups excluding carboxylic acids is 1. The highest BCUT2D eigenvalue weighted by Gasteiger charge is 2.32. The summed E-state index contributed by atoms with van der Waals surface area (Å²) < 4.78 is 13.4. The quantitative estimate of drug-likeness (QED) is 0.227. The van der Waals surface area contributed by atoms with Crippen LogP contribution in [-0.4, -0.2) is 17.6 Å². The van der Waals surface area contributed by atoms with Crippen molar-refractivity contribution in [2.24, 2.45) is 4.99 Å². The number of hydrogen-bond acceptors (Lipinski definition) is 6. The van der Waals surface area contributed by atoms with E-state index in [-0.39, 0.29) is 11.5 Å². The van der Waals surface area contributed by atoms with Gasteiger partial charge in [0.2, 0.25) is 0 Å². The molecular weight excluding hydrogens is 594 g/mol. The average Bonchev–Trinajstić information content (AvgIpc) is 3.34. The molecule has 9 heteroatoms. The summed E-state index contributed by atoms with van der Waals surface area (Å²) in [7, 11) is 1.60. The number of benzene rings is 4. The van der Waals surface area contributed by atoms with Crippen molar-refractivity contribution in [2.75, 3.05) is 12.4 Å². The van der Waals surface area contributed by atoms with Crippen molar-refractivity contribution < 1.29 is 14.3 Å². The molecule has 0 saturated carbocycles. The Morgan fingerprint density at radius 1 is 0.955 bits per heavy atom. The predicted molar refractivity (Wildman–Crippen MR) is 174 cm³/mol. The highest BCUT2D eigenvalue weighted by Crippen LogP contribution is 2.31. The number of anilines is 1. The molecule has 4 aromatic carbocycles. The first kappa shape index (κ1) is 29.2. The van der Waals surface area contributed by atoms with Gasteiger partial charge in [0.15, 0.2) is 4.80 Å². The van der Waals surface area contributed by atoms with Gasteiger partial charge in [-0.25, -0.2) is 4.99 Å². The van der Waals surface area contributed by atoms with E-state index in [9.17, 15) is 9.59 Å². The Labute approximate surface area is 263 Å². The van der Waals surface area contributed by atoms with Crippen LogP contribution in [0.2, 0.25) is 5.02 Å². The van der Waals surface area contributed by atoms with Crippen molar-refractivity contribution in [3.05, 3.63) is 156 Å². The lowest BCUT2D eigenvalue weighted by Crippen LogP contribution is -2.40. The van der Waals surface area contributed by atoms with Crippen LogP contribution >= 0.6 is 22.9 Å². The number of thiazole rings is 1. The molecule has 220 valence electrons. The fourth-order valence-corrected chi connectivity index (χ4v) is 6.26. The highest BCUT2D eigenvalue weighted by molar-refractivity contribution is 7.07. The van der Waals surface area contributed by atoms with Crippen molar-refractivity contribution in [3.8, 4) is 11.5 Å². The molecule has 1 N–H and O–H groups in total. The molecule has 6 rings (SSSR count). The first-order valence-corrected chi connectivity index (χ1v) is 15.1. The Morgan fingerprint density at radius 2 is 1.64 bits per heavy atom. The number of aromatic nitrogens is 1. The van der Waals surface area contributed by atoms with Crippen LogP contribution in [0.25, 0.3) is 6.08 Å². The van der Waals surface area contributed by atoms with Crippen LogP contribution in [0, 0.1) is 0 Å². The van der Waals surface area contributed by atoms with E-state index in [1.165, 1.54) is 11.3 Å². The number of ether oxygens (including phenoxy) is 2. The third kappa shape index (κ3) is 6.08. The second kappa shape index (κ2) is 12.8. The molecule has 1 aromatic heterocycles. The Bertz CT molecular complexity index is 2030. The van der Waals surface area contributed by atoms with E-state index in [4.69, 9.17) is 26.1 Å². The lowest BCUT2D eigenvalue weighted by molar-refractivity contribution is -0.113. The van der Waals surface area contributed by atoms with Gasteiger partial charge in [-0.05, 0) is 66.6 Å². The van der Waals surface area contributed by atoms with Gasteiger partial charge in [-0.2, -0.15) is 0 Å². The fourth-order valence-electron chi connectivity index (χ4n) is 5.02. The van der Waals surface area contributed by atoms with Crippen LogP contribution in [0.4, 0.5) is 5.69 Å². The molecule has 0 spiro atoms. The summed E-state index contributed by atoms with van der Waals surface area (Å²) in [5, 5.41) is 3.63. The van der Waals surface area contributed by atoms with Crippen molar-refractivity contribution in [1.29, 1.82) is 0 Å². The zero-order valence-corrected chi connectivity index (χ0v) is 25.6. The number of hydrogen-bond donors (Lipinski definition) is 1. The molecule has 1 aliphatic rings. The number of methoxy groups -OCH3 is 1. The summed E-state index contributed by atoms with van der Waals surface area (Å²) in [5.41, 5.74) is 3.88.